The first-order valence-corrected chi connectivity index (χ1v) is 6.34. The van der Waals surface area contributed by atoms with Crippen molar-refractivity contribution in [2.75, 3.05) is 13.1 Å². The molecule has 102 valence electrons. The summed E-state index contributed by atoms with van der Waals surface area (Å²) < 4.78 is 0. The quantitative estimate of drug-likeness (QED) is 0.481. The maximum absolute atomic E-state index is 4.58. The van der Waals surface area contributed by atoms with Gasteiger partial charge in [0.1, 0.15) is 0 Å². The average molecular weight is 361 g/mol. The van der Waals surface area contributed by atoms with Gasteiger partial charge in [0.05, 0.1) is 6.54 Å². The molecule has 1 aromatic carbocycles. The molecular formula is C14H24IN3. The van der Waals surface area contributed by atoms with Crippen molar-refractivity contribution in [2.45, 2.75) is 33.7 Å². The molecule has 1 aromatic rings. The number of guanidine groups is 1. The van der Waals surface area contributed by atoms with Gasteiger partial charge in [-0.05, 0) is 31.4 Å². The van der Waals surface area contributed by atoms with Crippen LogP contribution < -0.4 is 10.6 Å². The van der Waals surface area contributed by atoms with Gasteiger partial charge in [-0.3, -0.25) is 0 Å². The lowest BCUT2D eigenvalue weighted by Gasteiger charge is -2.10. The smallest absolute Gasteiger partial charge is 0.191 e. The molecule has 0 spiro atoms. The van der Waals surface area contributed by atoms with E-state index in [1.54, 1.807) is 0 Å². The molecule has 1 rings (SSSR count). The highest BCUT2D eigenvalue weighted by Crippen LogP contribution is 2.07. The van der Waals surface area contributed by atoms with Crippen molar-refractivity contribution in [1.29, 1.82) is 0 Å². The van der Waals surface area contributed by atoms with Crippen molar-refractivity contribution in [2.24, 2.45) is 4.99 Å². The first-order valence-electron chi connectivity index (χ1n) is 6.34. The Morgan fingerprint density at radius 2 is 1.89 bits per heavy atom. The van der Waals surface area contributed by atoms with Crippen LogP contribution in [0.1, 0.15) is 31.4 Å². The van der Waals surface area contributed by atoms with Crippen LogP contribution in [0.4, 0.5) is 0 Å². The molecule has 0 unspecified atom stereocenters. The van der Waals surface area contributed by atoms with Crippen LogP contribution in [0.5, 0.6) is 0 Å². The SMILES string of the molecule is CCCNC(=NCc1ccccc1C)NCC.I. The predicted octanol–water partition coefficient (Wildman–Crippen LogP) is 3.08. The highest BCUT2D eigenvalue weighted by Gasteiger charge is 1.98. The minimum Gasteiger partial charge on any atom is -0.357 e. The van der Waals surface area contributed by atoms with Crippen LogP contribution in [0.3, 0.4) is 0 Å². The monoisotopic (exact) mass is 361 g/mol. The second-order valence-electron chi connectivity index (χ2n) is 4.05. The van der Waals surface area contributed by atoms with Crippen LogP contribution in [0.15, 0.2) is 29.3 Å². The van der Waals surface area contributed by atoms with Gasteiger partial charge < -0.3 is 10.6 Å². The number of benzene rings is 1. The largest absolute Gasteiger partial charge is 0.357 e. The summed E-state index contributed by atoms with van der Waals surface area (Å²) in [7, 11) is 0. The number of hydrogen-bond donors (Lipinski definition) is 2. The zero-order valence-electron chi connectivity index (χ0n) is 11.5. The van der Waals surface area contributed by atoms with E-state index in [0.717, 1.165) is 32.0 Å². The van der Waals surface area contributed by atoms with Gasteiger partial charge in [-0.1, -0.05) is 31.2 Å². The van der Waals surface area contributed by atoms with Gasteiger partial charge in [0.25, 0.3) is 0 Å². The Labute approximate surface area is 127 Å². The Morgan fingerprint density at radius 3 is 2.50 bits per heavy atom. The molecule has 2 N–H and O–H groups in total. The number of nitrogens with zero attached hydrogens (tertiary/aromatic N) is 1. The summed E-state index contributed by atoms with van der Waals surface area (Å²) in [5, 5.41) is 6.54. The zero-order valence-corrected chi connectivity index (χ0v) is 13.8. The number of hydrogen-bond acceptors (Lipinski definition) is 1. The Balaban J connectivity index is 0.00000289. The summed E-state index contributed by atoms with van der Waals surface area (Å²) in [6.45, 7) is 8.93. The van der Waals surface area contributed by atoms with Crippen LogP contribution in [-0.4, -0.2) is 19.0 Å². The van der Waals surface area contributed by atoms with Crippen molar-refractivity contribution in [3.63, 3.8) is 0 Å². The summed E-state index contributed by atoms with van der Waals surface area (Å²) in [4.78, 5) is 4.58. The molecule has 0 aliphatic rings. The summed E-state index contributed by atoms with van der Waals surface area (Å²) in [6.07, 6.45) is 1.11. The first-order chi connectivity index (χ1) is 8.27. The highest BCUT2D eigenvalue weighted by atomic mass is 127. The van der Waals surface area contributed by atoms with Crippen LogP contribution in [0, 0.1) is 6.92 Å². The fourth-order valence-corrected chi connectivity index (χ4v) is 1.54. The highest BCUT2D eigenvalue weighted by molar-refractivity contribution is 14.0. The lowest BCUT2D eigenvalue weighted by Crippen LogP contribution is -2.37. The van der Waals surface area contributed by atoms with Gasteiger partial charge in [0.2, 0.25) is 0 Å². The summed E-state index contributed by atoms with van der Waals surface area (Å²) in [6, 6.07) is 8.37. The van der Waals surface area contributed by atoms with Gasteiger partial charge in [0.15, 0.2) is 5.96 Å². The molecule has 18 heavy (non-hydrogen) atoms. The van der Waals surface area contributed by atoms with Crippen LogP contribution >= 0.6 is 24.0 Å². The maximum Gasteiger partial charge on any atom is 0.191 e. The number of halogens is 1. The molecule has 0 atom stereocenters. The average Bonchev–Trinajstić information content (AvgIpc) is 2.34. The van der Waals surface area contributed by atoms with Crippen molar-refractivity contribution in [3.05, 3.63) is 35.4 Å². The van der Waals surface area contributed by atoms with E-state index in [2.05, 4.69) is 60.7 Å². The van der Waals surface area contributed by atoms with Gasteiger partial charge in [-0.15, -0.1) is 24.0 Å². The Hall–Kier alpha value is -0.780. The molecule has 0 heterocycles. The lowest BCUT2D eigenvalue weighted by molar-refractivity contribution is 0.785. The summed E-state index contributed by atoms with van der Waals surface area (Å²) in [5.41, 5.74) is 2.57. The van der Waals surface area contributed by atoms with Crippen LogP contribution in [-0.2, 0) is 6.54 Å². The second kappa shape index (κ2) is 10.2. The van der Waals surface area contributed by atoms with Crippen LogP contribution in [0.25, 0.3) is 0 Å². The van der Waals surface area contributed by atoms with E-state index in [-0.39, 0.29) is 24.0 Å². The van der Waals surface area contributed by atoms with E-state index in [4.69, 9.17) is 0 Å². The Morgan fingerprint density at radius 1 is 1.17 bits per heavy atom. The van der Waals surface area contributed by atoms with Gasteiger partial charge in [-0.25, -0.2) is 4.99 Å². The molecule has 0 radical (unpaired) electrons. The normalized spacial score (nSPS) is 10.7. The third kappa shape index (κ3) is 6.23. The van der Waals surface area contributed by atoms with Gasteiger partial charge >= 0.3 is 0 Å². The van der Waals surface area contributed by atoms with E-state index >= 15 is 0 Å². The molecule has 4 heteroatoms. The Kier molecular flexibility index (Phi) is 9.73. The number of nitrogens with one attached hydrogen (secondary N) is 2. The molecule has 0 saturated heterocycles. The van der Waals surface area contributed by atoms with Gasteiger partial charge in [0, 0.05) is 13.1 Å². The van der Waals surface area contributed by atoms with Crippen molar-refractivity contribution in [1.82, 2.24) is 10.6 Å². The molecule has 0 bridgehead atoms. The molecular weight excluding hydrogens is 337 g/mol. The minimum absolute atomic E-state index is 0. The van der Waals surface area contributed by atoms with Gasteiger partial charge in [-0.2, -0.15) is 0 Å². The molecule has 0 saturated carbocycles. The van der Waals surface area contributed by atoms with Crippen LogP contribution in [0.2, 0.25) is 0 Å². The molecule has 0 aliphatic carbocycles. The Bertz CT molecular complexity index is 364. The number of aliphatic imine (C=N–C) groups is 1. The van der Waals surface area contributed by atoms with E-state index < -0.39 is 0 Å². The lowest BCUT2D eigenvalue weighted by atomic mass is 10.1. The molecule has 0 amide bonds. The van der Waals surface area contributed by atoms with E-state index in [9.17, 15) is 0 Å². The number of aryl methyl sites for hydroxylation is 1. The summed E-state index contributed by atoms with van der Waals surface area (Å²) in [5.74, 6) is 0.901. The molecule has 0 aromatic heterocycles. The molecule has 0 aliphatic heterocycles. The second-order valence-corrected chi connectivity index (χ2v) is 4.05. The topological polar surface area (TPSA) is 36.4 Å². The molecule has 0 fully saturated rings. The van der Waals surface area contributed by atoms with E-state index in [0.29, 0.717) is 0 Å². The zero-order chi connectivity index (χ0) is 12.5. The van der Waals surface area contributed by atoms with E-state index in [1.807, 2.05) is 0 Å². The maximum atomic E-state index is 4.58. The molecule has 3 nitrogen and oxygen atoms in total. The fourth-order valence-electron chi connectivity index (χ4n) is 1.54. The minimum atomic E-state index is 0. The van der Waals surface area contributed by atoms with Crippen molar-refractivity contribution < 1.29 is 0 Å². The van der Waals surface area contributed by atoms with E-state index in [1.165, 1.54) is 11.1 Å². The first kappa shape index (κ1) is 17.2. The van der Waals surface area contributed by atoms with Crippen molar-refractivity contribution >= 4 is 29.9 Å². The summed E-state index contributed by atoms with van der Waals surface area (Å²) >= 11 is 0. The standard InChI is InChI=1S/C14H23N3.HI/c1-4-10-16-14(15-5-2)17-11-13-9-7-6-8-12(13)3;/h6-9H,4-5,10-11H2,1-3H3,(H2,15,16,17);1H. The third-order valence-electron chi connectivity index (χ3n) is 2.56. The number of rotatable bonds is 5. The fraction of sp³-hybridized carbons (Fsp3) is 0.500. The van der Waals surface area contributed by atoms with Crippen molar-refractivity contribution in [3.8, 4) is 0 Å². The third-order valence-corrected chi connectivity index (χ3v) is 2.56. The predicted molar refractivity (Wildman–Crippen MR) is 89.7 cm³/mol.